The lowest BCUT2D eigenvalue weighted by Gasteiger charge is -2.17. The summed E-state index contributed by atoms with van der Waals surface area (Å²) in [5.74, 6) is -1.45. The number of rotatable bonds is 13. The first-order valence-electron chi connectivity index (χ1n) is 12.2. The van der Waals surface area contributed by atoms with Crippen molar-refractivity contribution in [2.24, 2.45) is 5.73 Å². The van der Waals surface area contributed by atoms with Crippen molar-refractivity contribution in [2.75, 3.05) is 19.8 Å². The van der Waals surface area contributed by atoms with Crippen molar-refractivity contribution in [1.82, 2.24) is 0 Å². The lowest BCUT2D eigenvalue weighted by Crippen LogP contribution is -2.37. The highest BCUT2D eigenvalue weighted by Crippen LogP contribution is 2.30. The highest BCUT2D eigenvalue weighted by molar-refractivity contribution is 5.89. The summed E-state index contributed by atoms with van der Waals surface area (Å²) in [5, 5.41) is 0. The first-order valence-corrected chi connectivity index (χ1v) is 12.2. The van der Waals surface area contributed by atoms with E-state index >= 15 is 0 Å². The molecule has 2 N–H and O–H groups in total. The number of nitrogens with two attached hydrogens (primary N) is 1. The molecule has 0 bridgehead atoms. The van der Waals surface area contributed by atoms with Crippen molar-refractivity contribution < 1.29 is 47.6 Å². The molecule has 0 aromatic heterocycles. The topological polar surface area (TPSA) is 150 Å². The third kappa shape index (κ3) is 10.5. The minimum absolute atomic E-state index is 0.0102. The summed E-state index contributed by atoms with van der Waals surface area (Å²) in [6.07, 6.45) is -1.49. The van der Waals surface area contributed by atoms with E-state index in [9.17, 15) is 19.2 Å². The van der Waals surface area contributed by atoms with Gasteiger partial charge < -0.3 is 34.2 Å². The number of esters is 2. The Morgan fingerprint density at radius 3 is 2.03 bits per heavy atom. The quantitative estimate of drug-likeness (QED) is 0.225. The van der Waals surface area contributed by atoms with Crippen LogP contribution in [0.3, 0.4) is 0 Å². The first-order chi connectivity index (χ1) is 18.2. The van der Waals surface area contributed by atoms with Crippen LogP contribution in [0.1, 0.15) is 49.5 Å². The Hall–Kier alpha value is -4.12. The van der Waals surface area contributed by atoms with Crippen molar-refractivity contribution in [3.05, 3.63) is 59.7 Å². The van der Waals surface area contributed by atoms with Crippen LogP contribution in [0, 0.1) is 0 Å². The van der Waals surface area contributed by atoms with Crippen LogP contribution in [-0.2, 0) is 30.2 Å². The lowest BCUT2D eigenvalue weighted by atomic mass is 10.1. The van der Waals surface area contributed by atoms with Gasteiger partial charge >= 0.3 is 24.2 Å². The van der Waals surface area contributed by atoms with E-state index in [0.29, 0.717) is 24.0 Å². The monoisotopic (exact) mass is 531 g/mol. The van der Waals surface area contributed by atoms with Crippen LogP contribution >= 0.6 is 0 Å². The number of ether oxygens (including phenoxy) is 6. The third-order valence-corrected chi connectivity index (χ3v) is 4.78. The van der Waals surface area contributed by atoms with Gasteiger partial charge in [-0.1, -0.05) is 38.1 Å². The number of hydrogen-bond acceptors (Lipinski definition) is 11. The maximum absolute atomic E-state index is 12.5. The molecule has 2 atom stereocenters. The summed E-state index contributed by atoms with van der Waals surface area (Å²) in [5.41, 5.74) is 6.89. The van der Waals surface area contributed by atoms with Gasteiger partial charge in [0.2, 0.25) is 0 Å². The molecule has 0 aliphatic rings. The fourth-order valence-corrected chi connectivity index (χ4v) is 2.96. The van der Waals surface area contributed by atoms with Gasteiger partial charge in [-0.05, 0) is 56.0 Å². The van der Waals surface area contributed by atoms with Crippen molar-refractivity contribution in [3.8, 4) is 11.5 Å². The Kier molecular flexibility index (Phi) is 12.6. The van der Waals surface area contributed by atoms with Gasteiger partial charge in [0, 0.05) is 0 Å². The first kappa shape index (κ1) is 30.1. The number of carbonyl (C=O) groups excluding carboxylic acids is 4. The third-order valence-electron chi connectivity index (χ3n) is 4.78. The summed E-state index contributed by atoms with van der Waals surface area (Å²) in [6.45, 7) is 5.37. The van der Waals surface area contributed by atoms with Crippen LogP contribution in [0.5, 0.6) is 11.5 Å². The Labute approximate surface area is 221 Å². The fraction of sp³-hybridized carbons (Fsp3) is 0.407. The van der Waals surface area contributed by atoms with E-state index in [-0.39, 0.29) is 37.7 Å². The number of hydrogen-bond donors (Lipinski definition) is 1. The summed E-state index contributed by atoms with van der Waals surface area (Å²) in [7, 11) is 0. The molecule has 0 saturated heterocycles. The van der Waals surface area contributed by atoms with Crippen LogP contribution in [0.15, 0.2) is 48.5 Å². The second-order valence-corrected chi connectivity index (χ2v) is 8.20. The molecule has 206 valence electrons. The average molecular weight is 532 g/mol. The van der Waals surface area contributed by atoms with E-state index < -0.39 is 36.4 Å². The second kappa shape index (κ2) is 15.9. The van der Waals surface area contributed by atoms with Crippen LogP contribution in [0.2, 0.25) is 0 Å². The van der Waals surface area contributed by atoms with E-state index in [0.717, 1.165) is 0 Å². The summed E-state index contributed by atoms with van der Waals surface area (Å²) < 4.78 is 30.6. The van der Waals surface area contributed by atoms with Crippen LogP contribution in [0.4, 0.5) is 9.59 Å². The second-order valence-electron chi connectivity index (χ2n) is 8.20. The fourth-order valence-electron chi connectivity index (χ4n) is 2.96. The highest BCUT2D eigenvalue weighted by Gasteiger charge is 2.22. The summed E-state index contributed by atoms with van der Waals surface area (Å²) in [4.78, 5) is 48.4. The smallest absolute Gasteiger partial charge is 0.458 e. The molecule has 0 fully saturated rings. The van der Waals surface area contributed by atoms with Gasteiger partial charge in [-0.2, -0.15) is 0 Å². The molecule has 2 aromatic carbocycles. The number of benzene rings is 2. The minimum Gasteiger partial charge on any atom is -0.458 e. The van der Waals surface area contributed by atoms with Crippen molar-refractivity contribution in [2.45, 2.75) is 52.2 Å². The SMILES string of the molecule is CCCOC(=O)Oc1ccc(C[C@H](N)C(=O)O[C@@H](C)COC(=O)c2ccccc2)cc1OC(=O)OCCC. The molecule has 2 aromatic rings. The Bertz CT molecular complexity index is 1070. The van der Waals surface area contributed by atoms with E-state index in [4.69, 9.17) is 34.2 Å². The van der Waals surface area contributed by atoms with E-state index in [1.54, 1.807) is 43.3 Å². The lowest BCUT2D eigenvalue weighted by molar-refractivity contribution is -0.151. The van der Waals surface area contributed by atoms with Gasteiger partial charge in [0.1, 0.15) is 18.8 Å². The molecule has 0 heterocycles. The van der Waals surface area contributed by atoms with E-state index in [2.05, 4.69) is 0 Å². The van der Waals surface area contributed by atoms with Crippen LogP contribution in [0.25, 0.3) is 0 Å². The van der Waals surface area contributed by atoms with E-state index in [1.807, 2.05) is 13.8 Å². The van der Waals surface area contributed by atoms with Crippen LogP contribution in [-0.4, -0.2) is 56.2 Å². The summed E-state index contributed by atoms with van der Waals surface area (Å²) >= 11 is 0. The Morgan fingerprint density at radius 1 is 0.816 bits per heavy atom. The molecule has 0 spiro atoms. The maximum Gasteiger partial charge on any atom is 0.513 e. The molecular formula is C27H33NO10. The standard InChI is InChI=1S/C27H33NO10/c1-4-13-33-26(31)37-22-12-11-19(16-23(22)38-27(32)34-14-5-2)15-21(28)25(30)36-18(3)17-35-24(29)20-9-7-6-8-10-20/h6-12,16,18,21H,4-5,13-15,17,28H2,1-3H3/t18-,21-/m0/s1. The molecule has 0 aliphatic carbocycles. The van der Waals surface area contributed by atoms with Gasteiger partial charge in [-0.25, -0.2) is 14.4 Å². The zero-order valence-corrected chi connectivity index (χ0v) is 21.7. The molecule has 0 radical (unpaired) electrons. The molecule has 11 heteroatoms. The molecule has 0 unspecified atom stereocenters. The molecule has 2 rings (SSSR count). The van der Waals surface area contributed by atoms with Gasteiger partial charge in [-0.3, -0.25) is 4.79 Å². The number of carbonyl (C=O) groups is 4. The average Bonchev–Trinajstić information content (AvgIpc) is 2.91. The molecular weight excluding hydrogens is 498 g/mol. The van der Waals surface area contributed by atoms with Crippen molar-refractivity contribution >= 4 is 24.2 Å². The van der Waals surface area contributed by atoms with Crippen LogP contribution < -0.4 is 15.2 Å². The minimum atomic E-state index is -1.08. The normalized spacial score (nSPS) is 12.0. The van der Waals surface area contributed by atoms with Crippen molar-refractivity contribution in [3.63, 3.8) is 0 Å². The predicted molar refractivity (Wildman–Crippen MR) is 135 cm³/mol. The molecule has 0 aliphatic heterocycles. The molecule has 38 heavy (non-hydrogen) atoms. The molecule has 0 saturated carbocycles. The Morgan fingerprint density at radius 2 is 1.42 bits per heavy atom. The molecule has 0 amide bonds. The van der Waals surface area contributed by atoms with Gasteiger partial charge in [0.05, 0.1) is 18.8 Å². The highest BCUT2D eigenvalue weighted by atomic mass is 16.7. The van der Waals surface area contributed by atoms with Gasteiger partial charge in [0.25, 0.3) is 0 Å². The zero-order chi connectivity index (χ0) is 27.9. The maximum atomic E-state index is 12.5. The van der Waals surface area contributed by atoms with Gasteiger partial charge in [-0.15, -0.1) is 0 Å². The van der Waals surface area contributed by atoms with Gasteiger partial charge in [0.15, 0.2) is 11.5 Å². The summed E-state index contributed by atoms with van der Waals surface area (Å²) in [6, 6.07) is 11.7. The van der Waals surface area contributed by atoms with Crippen molar-refractivity contribution in [1.29, 1.82) is 0 Å². The zero-order valence-electron chi connectivity index (χ0n) is 21.7. The van der Waals surface area contributed by atoms with E-state index in [1.165, 1.54) is 12.1 Å². The largest absolute Gasteiger partial charge is 0.513 e. The molecule has 11 nitrogen and oxygen atoms in total. The Balaban J connectivity index is 1.99. The predicted octanol–water partition coefficient (Wildman–Crippen LogP) is 4.20.